The number of amides is 1. The summed E-state index contributed by atoms with van der Waals surface area (Å²) >= 11 is 10.3. The molecular weight excluding hydrogens is 494 g/mol. The fourth-order valence-corrected chi connectivity index (χ4v) is 3.78. The van der Waals surface area contributed by atoms with Crippen LogP contribution < -0.4 is 5.43 Å². The Morgan fingerprint density at radius 1 is 1.17 bits per heavy atom. The fourth-order valence-electron chi connectivity index (χ4n) is 2.39. The third kappa shape index (κ3) is 5.59. The van der Waals surface area contributed by atoms with E-state index in [2.05, 4.69) is 26.5 Å². The minimum atomic E-state index is -0.616. The Labute approximate surface area is 189 Å². The van der Waals surface area contributed by atoms with E-state index in [0.29, 0.717) is 20.0 Å². The lowest BCUT2D eigenvalue weighted by molar-refractivity contribution is -0.387. The Morgan fingerprint density at radius 3 is 2.60 bits per heavy atom. The number of carbonyl (C=O) groups is 1. The Bertz CT molecular complexity index is 1140. The number of phenolic OH excluding ortho intramolecular Hbond substituents is 1. The quantitative estimate of drug-likeness (QED) is 0.256. The molecule has 1 amide bonds. The number of nitro groups is 1. The van der Waals surface area contributed by atoms with Gasteiger partial charge < -0.3 is 5.11 Å². The topological polar surface area (TPSA) is 105 Å². The van der Waals surface area contributed by atoms with Crippen molar-refractivity contribution in [2.45, 2.75) is 9.79 Å². The van der Waals surface area contributed by atoms with Crippen LogP contribution in [0.2, 0.25) is 5.02 Å². The van der Waals surface area contributed by atoms with Gasteiger partial charge in [-0.05, 0) is 48.5 Å². The number of aromatic hydroxyl groups is 1. The number of rotatable bonds is 6. The lowest BCUT2D eigenvalue weighted by Crippen LogP contribution is -2.17. The second kappa shape index (κ2) is 9.75. The second-order valence-corrected chi connectivity index (χ2v) is 8.37. The van der Waals surface area contributed by atoms with E-state index in [4.69, 9.17) is 11.6 Å². The molecule has 0 spiro atoms. The van der Waals surface area contributed by atoms with E-state index in [1.165, 1.54) is 36.2 Å². The number of halogens is 2. The standard InChI is InChI=1S/C20H13BrClN3O4S/c21-13-2-7-18(26)16(10-13)20(27)24-23-11-12-1-8-19(17(9-12)25(28)29)30-15-5-3-14(22)4-6-15/h1-11,26H,(H,24,27)/b23-11+. The summed E-state index contributed by atoms with van der Waals surface area (Å²) in [5.74, 6) is -0.806. The first-order valence-corrected chi connectivity index (χ1v) is 10.4. The Morgan fingerprint density at radius 2 is 1.90 bits per heavy atom. The lowest BCUT2D eigenvalue weighted by atomic mass is 10.2. The summed E-state index contributed by atoms with van der Waals surface area (Å²) in [7, 11) is 0. The summed E-state index contributed by atoms with van der Waals surface area (Å²) in [6.45, 7) is 0. The highest BCUT2D eigenvalue weighted by Gasteiger charge is 2.16. The summed E-state index contributed by atoms with van der Waals surface area (Å²) in [6.07, 6.45) is 1.29. The third-order valence-electron chi connectivity index (χ3n) is 3.80. The monoisotopic (exact) mass is 505 g/mol. The maximum atomic E-state index is 12.1. The summed E-state index contributed by atoms with van der Waals surface area (Å²) < 4.78 is 0.624. The minimum absolute atomic E-state index is 0.0437. The first-order chi connectivity index (χ1) is 14.3. The molecule has 0 saturated heterocycles. The van der Waals surface area contributed by atoms with Gasteiger partial charge in [-0.25, -0.2) is 5.43 Å². The van der Waals surface area contributed by atoms with Crippen molar-refractivity contribution in [2.75, 3.05) is 0 Å². The number of carbonyl (C=O) groups excluding carboxylic acids is 1. The van der Waals surface area contributed by atoms with Crippen LogP contribution in [0.5, 0.6) is 5.75 Å². The molecule has 0 aliphatic heterocycles. The van der Waals surface area contributed by atoms with Crippen LogP contribution in [0.25, 0.3) is 0 Å². The van der Waals surface area contributed by atoms with Crippen LogP contribution in [0.3, 0.4) is 0 Å². The summed E-state index contributed by atoms with van der Waals surface area (Å²) in [5, 5.41) is 25.6. The van der Waals surface area contributed by atoms with Gasteiger partial charge in [0.2, 0.25) is 0 Å². The highest BCUT2D eigenvalue weighted by Crippen LogP contribution is 2.35. The van der Waals surface area contributed by atoms with Crippen LogP contribution in [-0.4, -0.2) is 22.2 Å². The normalized spacial score (nSPS) is 10.9. The molecule has 3 rings (SSSR count). The molecule has 0 aromatic heterocycles. The molecule has 0 atom stereocenters. The molecule has 0 radical (unpaired) electrons. The number of hydrogen-bond acceptors (Lipinski definition) is 6. The van der Waals surface area contributed by atoms with Crippen molar-refractivity contribution >= 4 is 57.1 Å². The van der Waals surface area contributed by atoms with E-state index in [1.807, 2.05) is 0 Å². The molecule has 10 heteroatoms. The number of phenols is 1. The Hall–Kier alpha value is -2.88. The van der Waals surface area contributed by atoms with Crippen molar-refractivity contribution < 1.29 is 14.8 Å². The van der Waals surface area contributed by atoms with Gasteiger partial charge in [0.05, 0.1) is 21.6 Å². The molecule has 0 unspecified atom stereocenters. The number of nitro benzene ring substituents is 1. The van der Waals surface area contributed by atoms with Gasteiger partial charge in [0.1, 0.15) is 5.75 Å². The molecule has 7 nitrogen and oxygen atoms in total. The van der Waals surface area contributed by atoms with Crippen LogP contribution >= 0.6 is 39.3 Å². The van der Waals surface area contributed by atoms with Gasteiger partial charge in [-0.15, -0.1) is 0 Å². The van der Waals surface area contributed by atoms with Gasteiger partial charge in [-0.2, -0.15) is 5.10 Å². The highest BCUT2D eigenvalue weighted by atomic mass is 79.9. The summed E-state index contributed by atoms with van der Waals surface area (Å²) in [4.78, 5) is 24.4. The summed E-state index contributed by atoms with van der Waals surface area (Å²) in [6, 6.07) is 16.0. The molecule has 0 fully saturated rings. The number of hydrogen-bond donors (Lipinski definition) is 2. The van der Waals surface area contributed by atoms with E-state index in [-0.39, 0.29) is 17.0 Å². The number of nitrogens with zero attached hydrogens (tertiary/aromatic N) is 2. The van der Waals surface area contributed by atoms with Gasteiger partial charge in [0.25, 0.3) is 11.6 Å². The Balaban J connectivity index is 1.75. The van der Waals surface area contributed by atoms with E-state index >= 15 is 0 Å². The molecule has 152 valence electrons. The van der Waals surface area contributed by atoms with E-state index < -0.39 is 10.8 Å². The average molecular weight is 507 g/mol. The number of hydrazone groups is 1. The van der Waals surface area contributed by atoms with Crippen molar-refractivity contribution in [2.24, 2.45) is 5.10 Å². The average Bonchev–Trinajstić information content (AvgIpc) is 2.72. The number of nitrogens with one attached hydrogen (secondary N) is 1. The molecule has 0 bridgehead atoms. The molecule has 30 heavy (non-hydrogen) atoms. The SMILES string of the molecule is O=C(N/N=C/c1ccc(Sc2ccc(Cl)cc2)c([N+](=O)[O-])c1)c1cc(Br)ccc1O. The molecule has 0 heterocycles. The highest BCUT2D eigenvalue weighted by molar-refractivity contribution is 9.10. The van der Waals surface area contributed by atoms with Crippen molar-refractivity contribution in [1.29, 1.82) is 0 Å². The first kappa shape index (κ1) is 21.8. The van der Waals surface area contributed by atoms with Crippen LogP contribution in [-0.2, 0) is 0 Å². The van der Waals surface area contributed by atoms with E-state index in [0.717, 1.165) is 4.90 Å². The predicted molar refractivity (Wildman–Crippen MR) is 120 cm³/mol. The number of benzene rings is 3. The maximum absolute atomic E-state index is 12.1. The van der Waals surface area contributed by atoms with Crippen LogP contribution in [0.1, 0.15) is 15.9 Å². The lowest BCUT2D eigenvalue weighted by Gasteiger charge is -2.05. The summed E-state index contributed by atoms with van der Waals surface area (Å²) in [5.41, 5.74) is 2.67. The van der Waals surface area contributed by atoms with E-state index in [9.17, 15) is 20.0 Å². The zero-order valence-corrected chi connectivity index (χ0v) is 18.2. The molecule has 0 saturated carbocycles. The van der Waals surface area contributed by atoms with Gasteiger partial charge >= 0.3 is 0 Å². The van der Waals surface area contributed by atoms with Gasteiger partial charge in [0, 0.05) is 26.0 Å². The molecule has 0 aliphatic rings. The predicted octanol–water partition coefficient (Wildman–Crippen LogP) is 5.63. The van der Waals surface area contributed by atoms with E-state index in [1.54, 1.807) is 42.5 Å². The maximum Gasteiger partial charge on any atom is 0.283 e. The second-order valence-electron chi connectivity index (χ2n) is 5.90. The van der Waals surface area contributed by atoms with Gasteiger partial charge in [-0.1, -0.05) is 45.4 Å². The smallest absolute Gasteiger partial charge is 0.283 e. The van der Waals surface area contributed by atoms with Crippen molar-refractivity contribution in [1.82, 2.24) is 5.43 Å². The molecule has 2 N–H and O–H groups in total. The fraction of sp³-hybridized carbons (Fsp3) is 0. The zero-order chi connectivity index (χ0) is 21.7. The van der Waals surface area contributed by atoms with Crippen molar-refractivity contribution in [3.63, 3.8) is 0 Å². The van der Waals surface area contributed by atoms with Crippen LogP contribution in [0, 0.1) is 10.1 Å². The third-order valence-corrected chi connectivity index (χ3v) is 5.62. The largest absolute Gasteiger partial charge is 0.507 e. The van der Waals surface area contributed by atoms with Crippen molar-refractivity contribution in [3.8, 4) is 5.75 Å². The van der Waals surface area contributed by atoms with Crippen LogP contribution in [0.4, 0.5) is 5.69 Å². The first-order valence-electron chi connectivity index (χ1n) is 8.37. The van der Waals surface area contributed by atoms with Crippen LogP contribution in [0.15, 0.2) is 80.0 Å². The molecule has 3 aromatic rings. The molecule has 3 aromatic carbocycles. The van der Waals surface area contributed by atoms with Gasteiger partial charge in [-0.3, -0.25) is 14.9 Å². The minimum Gasteiger partial charge on any atom is -0.507 e. The van der Waals surface area contributed by atoms with Gasteiger partial charge in [0.15, 0.2) is 0 Å². The zero-order valence-electron chi connectivity index (χ0n) is 15.1. The molecular formula is C20H13BrClN3O4S. The van der Waals surface area contributed by atoms with Crippen molar-refractivity contribution in [3.05, 3.63) is 91.4 Å². The Kier molecular flexibility index (Phi) is 7.09. The molecule has 0 aliphatic carbocycles.